The highest BCUT2D eigenvalue weighted by Crippen LogP contribution is 2.23. The molecule has 4 rings (SSSR count). The highest BCUT2D eigenvalue weighted by atomic mass is 16.3. The third kappa shape index (κ3) is 5.67. The number of aliphatic hydroxyl groups excluding tert-OH is 1. The van der Waals surface area contributed by atoms with Gasteiger partial charge in [0.2, 0.25) is 0 Å². The van der Waals surface area contributed by atoms with Gasteiger partial charge in [0.05, 0.1) is 0 Å². The lowest BCUT2D eigenvalue weighted by molar-refractivity contribution is 0.0123. The molecule has 2 aliphatic rings. The molecule has 2 aromatic carbocycles. The smallest absolute Gasteiger partial charge is 0.0446 e. The lowest BCUT2D eigenvalue weighted by Crippen LogP contribution is -2.57. The van der Waals surface area contributed by atoms with Gasteiger partial charge in [-0.05, 0) is 43.5 Å². The van der Waals surface area contributed by atoms with Gasteiger partial charge >= 0.3 is 0 Å². The summed E-state index contributed by atoms with van der Waals surface area (Å²) >= 11 is 0. The van der Waals surface area contributed by atoms with Crippen molar-refractivity contribution in [2.45, 2.75) is 44.4 Å². The van der Waals surface area contributed by atoms with Crippen LogP contribution in [-0.2, 0) is 13.1 Å². The molecular formula is C25H35N3O. The van der Waals surface area contributed by atoms with Crippen molar-refractivity contribution in [2.24, 2.45) is 0 Å². The molecule has 4 nitrogen and oxygen atoms in total. The standard InChI is InChI=1S/C25H35N3O/c29-18-13-25-21-28(17-16-27(25)20-23-9-5-2-6-10-23)24-11-14-26(15-12-24)19-22-7-3-1-4-8-22/h1-10,24-25,29H,11-21H2. The van der Waals surface area contributed by atoms with E-state index in [2.05, 4.69) is 75.4 Å². The number of benzene rings is 2. The average Bonchev–Trinajstić information content (AvgIpc) is 2.77. The molecule has 2 fully saturated rings. The molecule has 2 heterocycles. The number of hydrogen-bond donors (Lipinski definition) is 1. The van der Waals surface area contributed by atoms with Gasteiger partial charge in [0, 0.05) is 51.4 Å². The van der Waals surface area contributed by atoms with Crippen molar-refractivity contribution >= 4 is 0 Å². The minimum atomic E-state index is 0.277. The molecule has 0 amide bonds. The molecule has 4 heteroatoms. The number of rotatable bonds is 7. The molecule has 2 aliphatic heterocycles. The minimum absolute atomic E-state index is 0.277. The Morgan fingerprint density at radius 1 is 0.759 bits per heavy atom. The van der Waals surface area contributed by atoms with E-state index in [0.29, 0.717) is 12.1 Å². The summed E-state index contributed by atoms with van der Waals surface area (Å²) in [6.07, 6.45) is 3.39. The summed E-state index contributed by atoms with van der Waals surface area (Å²) in [5.74, 6) is 0. The monoisotopic (exact) mass is 393 g/mol. The normalized spacial score (nSPS) is 22.7. The van der Waals surface area contributed by atoms with Crippen LogP contribution in [0.2, 0.25) is 0 Å². The lowest BCUT2D eigenvalue weighted by atomic mass is 9.99. The quantitative estimate of drug-likeness (QED) is 0.782. The topological polar surface area (TPSA) is 30.0 Å². The molecule has 0 spiro atoms. The van der Waals surface area contributed by atoms with Gasteiger partial charge in [0.15, 0.2) is 0 Å². The second-order valence-corrected chi connectivity index (χ2v) is 8.61. The van der Waals surface area contributed by atoms with E-state index in [1.807, 2.05) is 0 Å². The van der Waals surface area contributed by atoms with Crippen molar-refractivity contribution in [1.29, 1.82) is 0 Å². The van der Waals surface area contributed by atoms with E-state index < -0.39 is 0 Å². The number of piperazine rings is 1. The fraction of sp³-hybridized carbons (Fsp3) is 0.520. The van der Waals surface area contributed by atoms with Gasteiger partial charge in [-0.1, -0.05) is 60.7 Å². The molecule has 2 aromatic rings. The van der Waals surface area contributed by atoms with Gasteiger partial charge in [0.25, 0.3) is 0 Å². The third-order valence-corrected chi connectivity index (χ3v) is 6.65. The van der Waals surface area contributed by atoms with Crippen LogP contribution in [0.3, 0.4) is 0 Å². The average molecular weight is 394 g/mol. The molecule has 1 atom stereocenters. The Balaban J connectivity index is 1.29. The maximum Gasteiger partial charge on any atom is 0.0446 e. The predicted octanol–water partition coefficient (Wildman–Crippen LogP) is 3.22. The molecule has 156 valence electrons. The molecule has 0 bridgehead atoms. The first-order valence-corrected chi connectivity index (χ1v) is 11.2. The van der Waals surface area contributed by atoms with Gasteiger partial charge < -0.3 is 5.11 Å². The van der Waals surface area contributed by atoms with Crippen molar-refractivity contribution in [2.75, 3.05) is 39.3 Å². The van der Waals surface area contributed by atoms with E-state index >= 15 is 0 Å². The Kier molecular flexibility index (Phi) is 7.33. The van der Waals surface area contributed by atoms with E-state index in [1.54, 1.807) is 0 Å². The number of likely N-dealkylation sites (tertiary alicyclic amines) is 1. The first-order chi connectivity index (χ1) is 14.3. The maximum absolute atomic E-state index is 9.62. The van der Waals surface area contributed by atoms with Crippen LogP contribution in [0.25, 0.3) is 0 Å². The Morgan fingerprint density at radius 2 is 1.38 bits per heavy atom. The minimum Gasteiger partial charge on any atom is -0.396 e. The summed E-state index contributed by atoms with van der Waals surface area (Å²) in [7, 11) is 0. The van der Waals surface area contributed by atoms with Crippen LogP contribution in [-0.4, -0.2) is 71.2 Å². The van der Waals surface area contributed by atoms with Crippen molar-refractivity contribution in [3.63, 3.8) is 0 Å². The summed E-state index contributed by atoms with van der Waals surface area (Å²) in [5, 5.41) is 9.62. The molecular weight excluding hydrogens is 358 g/mol. The lowest BCUT2D eigenvalue weighted by Gasteiger charge is -2.46. The first kappa shape index (κ1) is 20.5. The number of nitrogens with zero attached hydrogens (tertiary/aromatic N) is 3. The Labute approximate surface area is 175 Å². The van der Waals surface area contributed by atoms with E-state index in [0.717, 1.165) is 39.1 Å². The fourth-order valence-electron chi connectivity index (χ4n) is 4.98. The maximum atomic E-state index is 9.62. The Hall–Kier alpha value is -1.72. The molecule has 0 saturated carbocycles. The Bertz CT molecular complexity index is 715. The number of aliphatic hydroxyl groups is 1. The van der Waals surface area contributed by atoms with Gasteiger partial charge in [-0.3, -0.25) is 14.7 Å². The molecule has 0 radical (unpaired) electrons. The van der Waals surface area contributed by atoms with Crippen LogP contribution in [0.5, 0.6) is 0 Å². The number of piperidine rings is 1. The zero-order valence-corrected chi connectivity index (χ0v) is 17.5. The van der Waals surface area contributed by atoms with Crippen LogP contribution in [0.1, 0.15) is 30.4 Å². The van der Waals surface area contributed by atoms with Crippen LogP contribution >= 0.6 is 0 Å². The SMILES string of the molecule is OCCC1CN(C2CCN(Cc3ccccc3)CC2)CCN1Cc1ccccc1. The summed E-state index contributed by atoms with van der Waals surface area (Å²) in [6.45, 7) is 8.07. The second-order valence-electron chi connectivity index (χ2n) is 8.61. The molecule has 2 saturated heterocycles. The van der Waals surface area contributed by atoms with Gasteiger partial charge in [-0.25, -0.2) is 0 Å². The zero-order chi connectivity index (χ0) is 19.9. The second kappa shape index (κ2) is 10.4. The molecule has 1 N–H and O–H groups in total. The molecule has 0 aromatic heterocycles. The van der Waals surface area contributed by atoms with Crippen LogP contribution < -0.4 is 0 Å². The summed E-state index contributed by atoms with van der Waals surface area (Å²) in [4.78, 5) is 7.89. The van der Waals surface area contributed by atoms with Crippen LogP contribution in [0.15, 0.2) is 60.7 Å². The molecule has 0 aliphatic carbocycles. The van der Waals surface area contributed by atoms with E-state index in [4.69, 9.17) is 0 Å². The van der Waals surface area contributed by atoms with E-state index in [-0.39, 0.29) is 6.61 Å². The van der Waals surface area contributed by atoms with Crippen LogP contribution in [0.4, 0.5) is 0 Å². The van der Waals surface area contributed by atoms with Crippen molar-refractivity contribution < 1.29 is 5.11 Å². The Morgan fingerprint density at radius 3 is 2.00 bits per heavy atom. The van der Waals surface area contributed by atoms with Gasteiger partial charge in [-0.2, -0.15) is 0 Å². The molecule has 1 unspecified atom stereocenters. The third-order valence-electron chi connectivity index (χ3n) is 6.65. The van der Waals surface area contributed by atoms with Crippen molar-refractivity contribution in [3.05, 3.63) is 71.8 Å². The highest BCUT2D eigenvalue weighted by Gasteiger charge is 2.32. The summed E-state index contributed by atoms with van der Waals surface area (Å²) < 4.78 is 0. The fourth-order valence-corrected chi connectivity index (χ4v) is 4.98. The predicted molar refractivity (Wildman–Crippen MR) is 119 cm³/mol. The van der Waals surface area contributed by atoms with E-state index in [1.165, 1.54) is 37.1 Å². The highest BCUT2D eigenvalue weighted by molar-refractivity contribution is 5.15. The van der Waals surface area contributed by atoms with Crippen molar-refractivity contribution in [3.8, 4) is 0 Å². The van der Waals surface area contributed by atoms with Gasteiger partial charge in [0.1, 0.15) is 0 Å². The molecule has 29 heavy (non-hydrogen) atoms. The summed E-state index contributed by atoms with van der Waals surface area (Å²) in [5.41, 5.74) is 2.79. The van der Waals surface area contributed by atoms with E-state index in [9.17, 15) is 5.11 Å². The summed E-state index contributed by atoms with van der Waals surface area (Å²) in [6, 6.07) is 22.7. The largest absolute Gasteiger partial charge is 0.396 e. The zero-order valence-electron chi connectivity index (χ0n) is 17.5. The van der Waals surface area contributed by atoms with Gasteiger partial charge in [-0.15, -0.1) is 0 Å². The first-order valence-electron chi connectivity index (χ1n) is 11.2. The van der Waals surface area contributed by atoms with Crippen molar-refractivity contribution in [1.82, 2.24) is 14.7 Å². The number of hydrogen-bond acceptors (Lipinski definition) is 4. The van der Waals surface area contributed by atoms with Crippen LogP contribution in [0, 0.1) is 0 Å².